The minimum Gasteiger partial charge on any atom is -0.384 e. The SMILES string of the molecule is CCNC(=NCC1CCCN1C)N1CCC(COC)C1. The van der Waals surface area contributed by atoms with E-state index in [2.05, 4.69) is 29.1 Å². The maximum absolute atomic E-state index is 5.28. The molecule has 0 aromatic carbocycles. The van der Waals surface area contributed by atoms with Gasteiger partial charge in [-0.3, -0.25) is 4.99 Å². The summed E-state index contributed by atoms with van der Waals surface area (Å²) in [5.41, 5.74) is 0. The lowest BCUT2D eigenvalue weighted by Gasteiger charge is -2.23. The van der Waals surface area contributed by atoms with Crippen LogP contribution in [0, 0.1) is 5.92 Å². The third-order valence-corrected chi connectivity index (χ3v) is 4.45. The highest BCUT2D eigenvalue weighted by molar-refractivity contribution is 5.80. The van der Waals surface area contributed by atoms with Crippen LogP contribution >= 0.6 is 0 Å². The second kappa shape index (κ2) is 7.84. The second-order valence-corrected chi connectivity index (χ2v) is 6.03. The Labute approximate surface area is 123 Å². The molecule has 2 saturated heterocycles. The van der Waals surface area contributed by atoms with E-state index in [4.69, 9.17) is 9.73 Å². The molecule has 2 heterocycles. The van der Waals surface area contributed by atoms with Gasteiger partial charge in [0.25, 0.3) is 0 Å². The average molecular weight is 282 g/mol. The highest BCUT2D eigenvalue weighted by Gasteiger charge is 2.25. The van der Waals surface area contributed by atoms with E-state index in [1.807, 2.05) is 0 Å². The van der Waals surface area contributed by atoms with Gasteiger partial charge in [-0.2, -0.15) is 0 Å². The van der Waals surface area contributed by atoms with Crippen molar-refractivity contribution in [3.05, 3.63) is 0 Å². The van der Waals surface area contributed by atoms with Gasteiger partial charge in [0.1, 0.15) is 0 Å². The molecule has 2 aliphatic rings. The Morgan fingerprint density at radius 3 is 2.85 bits per heavy atom. The molecule has 116 valence electrons. The lowest BCUT2D eigenvalue weighted by atomic mass is 10.1. The monoisotopic (exact) mass is 282 g/mol. The number of hydrogen-bond acceptors (Lipinski definition) is 3. The van der Waals surface area contributed by atoms with Crippen LogP contribution in [0.1, 0.15) is 26.2 Å². The molecule has 20 heavy (non-hydrogen) atoms. The first-order valence-corrected chi connectivity index (χ1v) is 7.97. The maximum atomic E-state index is 5.28. The number of ether oxygens (including phenoxy) is 1. The van der Waals surface area contributed by atoms with Crippen LogP contribution in [-0.4, -0.2) is 75.3 Å². The fourth-order valence-corrected chi connectivity index (χ4v) is 3.22. The van der Waals surface area contributed by atoms with Crippen molar-refractivity contribution in [3.8, 4) is 0 Å². The van der Waals surface area contributed by atoms with E-state index < -0.39 is 0 Å². The van der Waals surface area contributed by atoms with Gasteiger partial charge in [0.15, 0.2) is 5.96 Å². The highest BCUT2D eigenvalue weighted by atomic mass is 16.5. The molecule has 2 aliphatic heterocycles. The molecule has 1 N–H and O–H groups in total. The van der Waals surface area contributed by atoms with Crippen LogP contribution in [-0.2, 0) is 4.74 Å². The lowest BCUT2D eigenvalue weighted by Crippen LogP contribution is -2.41. The molecule has 0 aliphatic carbocycles. The van der Waals surface area contributed by atoms with Gasteiger partial charge in [0.05, 0.1) is 13.2 Å². The first-order valence-electron chi connectivity index (χ1n) is 7.97. The molecule has 0 amide bonds. The summed E-state index contributed by atoms with van der Waals surface area (Å²) in [7, 11) is 4.00. The Morgan fingerprint density at radius 2 is 2.20 bits per heavy atom. The summed E-state index contributed by atoms with van der Waals surface area (Å²) in [6.45, 7) is 8.24. The summed E-state index contributed by atoms with van der Waals surface area (Å²) >= 11 is 0. The second-order valence-electron chi connectivity index (χ2n) is 6.03. The molecule has 0 radical (unpaired) electrons. The van der Waals surface area contributed by atoms with Crippen molar-refractivity contribution in [3.63, 3.8) is 0 Å². The number of hydrogen-bond donors (Lipinski definition) is 1. The first kappa shape index (κ1) is 15.6. The predicted molar refractivity (Wildman–Crippen MR) is 83.2 cm³/mol. The molecule has 0 bridgehead atoms. The van der Waals surface area contributed by atoms with Crippen LogP contribution < -0.4 is 5.32 Å². The molecule has 0 spiro atoms. The summed E-state index contributed by atoms with van der Waals surface area (Å²) in [5, 5.41) is 3.44. The average Bonchev–Trinajstić information content (AvgIpc) is 3.05. The van der Waals surface area contributed by atoms with E-state index >= 15 is 0 Å². The summed E-state index contributed by atoms with van der Waals surface area (Å²) < 4.78 is 5.28. The van der Waals surface area contributed by atoms with Crippen molar-refractivity contribution in [2.45, 2.75) is 32.2 Å². The summed E-state index contributed by atoms with van der Waals surface area (Å²) in [6.07, 6.45) is 3.81. The fourth-order valence-electron chi connectivity index (χ4n) is 3.22. The van der Waals surface area contributed by atoms with Crippen molar-refractivity contribution in [1.29, 1.82) is 0 Å². The predicted octanol–water partition coefficient (Wildman–Crippen LogP) is 1.01. The van der Waals surface area contributed by atoms with Crippen molar-refractivity contribution in [2.75, 3.05) is 53.5 Å². The van der Waals surface area contributed by atoms with Gasteiger partial charge in [-0.25, -0.2) is 0 Å². The fraction of sp³-hybridized carbons (Fsp3) is 0.933. The molecule has 0 aromatic heterocycles. The Hall–Kier alpha value is -0.810. The third-order valence-electron chi connectivity index (χ3n) is 4.45. The quantitative estimate of drug-likeness (QED) is 0.603. The molecule has 2 unspecified atom stereocenters. The zero-order valence-corrected chi connectivity index (χ0v) is 13.3. The number of nitrogens with zero attached hydrogens (tertiary/aromatic N) is 3. The van der Waals surface area contributed by atoms with Crippen LogP contribution in [0.2, 0.25) is 0 Å². The smallest absolute Gasteiger partial charge is 0.193 e. The topological polar surface area (TPSA) is 40.1 Å². The summed E-state index contributed by atoms with van der Waals surface area (Å²) in [5.74, 6) is 1.74. The number of likely N-dealkylation sites (N-methyl/N-ethyl adjacent to an activating group) is 1. The molecule has 0 aromatic rings. The minimum atomic E-state index is 0.626. The Balaban J connectivity index is 1.89. The number of rotatable bonds is 5. The van der Waals surface area contributed by atoms with Crippen molar-refractivity contribution >= 4 is 5.96 Å². The zero-order chi connectivity index (χ0) is 14.4. The van der Waals surface area contributed by atoms with E-state index in [0.29, 0.717) is 12.0 Å². The van der Waals surface area contributed by atoms with E-state index in [9.17, 15) is 0 Å². The van der Waals surface area contributed by atoms with E-state index in [-0.39, 0.29) is 0 Å². The number of aliphatic imine (C=N–C) groups is 1. The van der Waals surface area contributed by atoms with E-state index in [0.717, 1.165) is 38.7 Å². The van der Waals surface area contributed by atoms with Gasteiger partial charge in [-0.1, -0.05) is 0 Å². The minimum absolute atomic E-state index is 0.626. The van der Waals surface area contributed by atoms with Gasteiger partial charge in [0, 0.05) is 38.7 Å². The Bertz CT molecular complexity index is 321. The maximum Gasteiger partial charge on any atom is 0.193 e. The number of nitrogens with one attached hydrogen (secondary N) is 1. The Morgan fingerprint density at radius 1 is 1.35 bits per heavy atom. The van der Waals surface area contributed by atoms with Gasteiger partial charge in [-0.05, 0) is 39.8 Å². The summed E-state index contributed by atoms with van der Waals surface area (Å²) in [6, 6.07) is 0.626. The summed E-state index contributed by atoms with van der Waals surface area (Å²) in [4.78, 5) is 9.70. The van der Waals surface area contributed by atoms with Gasteiger partial charge < -0.3 is 19.9 Å². The van der Waals surface area contributed by atoms with Crippen LogP contribution in [0.15, 0.2) is 4.99 Å². The lowest BCUT2D eigenvalue weighted by molar-refractivity contribution is 0.157. The Kier molecular flexibility index (Phi) is 6.10. The van der Waals surface area contributed by atoms with Crippen LogP contribution in [0.3, 0.4) is 0 Å². The number of likely N-dealkylation sites (tertiary alicyclic amines) is 2. The first-order chi connectivity index (χ1) is 9.74. The largest absolute Gasteiger partial charge is 0.384 e. The van der Waals surface area contributed by atoms with Gasteiger partial charge >= 0.3 is 0 Å². The van der Waals surface area contributed by atoms with Crippen molar-refractivity contribution in [2.24, 2.45) is 10.9 Å². The standard InChI is InChI=1S/C15H30N4O/c1-4-16-15(17-10-14-6-5-8-18(14)2)19-9-7-13(11-19)12-20-3/h13-14H,4-12H2,1-3H3,(H,16,17). The van der Waals surface area contributed by atoms with Crippen LogP contribution in [0.5, 0.6) is 0 Å². The molecule has 2 atom stereocenters. The van der Waals surface area contributed by atoms with Crippen LogP contribution in [0.4, 0.5) is 0 Å². The highest BCUT2D eigenvalue weighted by Crippen LogP contribution is 2.18. The molecule has 2 rings (SSSR count). The zero-order valence-electron chi connectivity index (χ0n) is 13.3. The number of methoxy groups -OCH3 is 1. The van der Waals surface area contributed by atoms with Crippen molar-refractivity contribution < 1.29 is 4.74 Å². The van der Waals surface area contributed by atoms with Gasteiger partial charge in [-0.15, -0.1) is 0 Å². The molecular weight excluding hydrogens is 252 g/mol. The molecule has 0 saturated carbocycles. The number of guanidine groups is 1. The normalized spacial score (nSPS) is 28.4. The van der Waals surface area contributed by atoms with Gasteiger partial charge in [0.2, 0.25) is 0 Å². The van der Waals surface area contributed by atoms with E-state index in [1.54, 1.807) is 7.11 Å². The van der Waals surface area contributed by atoms with Crippen molar-refractivity contribution in [1.82, 2.24) is 15.1 Å². The molecule has 5 heteroatoms. The molecule has 5 nitrogen and oxygen atoms in total. The molecule has 2 fully saturated rings. The molecular formula is C15H30N4O. The van der Waals surface area contributed by atoms with E-state index in [1.165, 1.54) is 25.8 Å². The van der Waals surface area contributed by atoms with Crippen LogP contribution in [0.25, 0.3) is 0 Å². The third kappa shape index (κ3) is 4.09.